The van der Waals surface area contributed by atoms with Crippen LogP contribution in [0.3, 0.4) is 0 Å². The second-order valence-corrected chi connectivity index (χ2v) is 3.28. The number of hydrogen-bond donors (Lipinski definition) is 1. The van der Waals surface area contributed by atoms with Crippen LogP contribution < -0.4 is 0 Å². The average Bonchev–Trinajstić information content (AvgIpc) is 2.55. The second kappa shape index (κ2) is 2.51. The van der Waals surface area contributed by atoms with Gasteiger partial charge in [0.1, 0.15) is 5.01 Å². The third-order valence-corrected chi connectivity index (χ3v) is 2.42. The summed E-state index contributed by atoms with van der Waals surface area (Å²) >= 11 is 1.66. The summed E-state index contributed by atoms with van der Waals surface area (Å²) in [6, 6.07) is 0. The molecule has 1 N–H and O–H groups in total. The molecule has 2 nitrogen and oxygen atoms in total. The van der Waals surface area contributed by atoms with E-state index in [0.717, 1.165) is 5.01 Å². The zero-order chi connectivity index (χ0) is 7.68. The summed E-state index contributed by atoms with van der Waals surface area (Å²) < 4.78 is 0. The molecule has 3 heteroatoms. The Hall–Kier alpha value is -1.09. The highest BCUT2D eigenvalue weighted by molar-refractivity contribution is 7.13. The second-order valence-electron chi connectivity index (χ2n) is 2.39. The van der Waals surface area contributed by atoms with Gasteiger partial charge in [-0.05, 0) is 12.5 Å². The van der Waals surface area contributed by atoms with Crippen molar-refractivity contribution in [2.24, 2.45) is 0 Å². The van der Waals surface area contributed by atoms with Gasteiger partial charge in [-0.2, -0.15) is 0 Å². The molecule has 56 valence electrons. The lowest BCUT2D eigenvalue weighted by atomic mass is 10.2. The number of hydrogen-bond acceptors (Lipinski definition) is 2. The van der Waals surface area contributed by atoms with Crippen molar-refractivity contribution >= 4 is 11.3 Å². The molecule has 0 spiro atoms. The van der Waals surface area contributed by atoms with Crippen molar-refractivity contribution in [1.82, 2.24) is 9.97 Å². The van der Waals surface area contributed by atoms with Crippen LogP contribution in [-0.4, -0.2) is 9.97 Å². The third-order valence-electron chi connectivity index (χ3n) is 1.62. The topological polar surface area (TPSA) is 28.7 Å². The summed E-state index contributed by atoms with van der Waals surface area (Å²) in [5, 5.41) is 3.07. The smallest absolute Gasteiger partial charge is 0.125 e. The number of aryl methyl sites for hydroxylation is 1. The summed E-state index contributed by atoms with van der Waals surface area (Å²) in [6.07, 6.45) is 5.79. The number of nitrogens with one attached hydrogen (secondary N) is 1. The van der Waals surface area contributed by atoms with Crippen LogP contribution in [0.1, 0.15) is 5.56 Å². The van der Waals surface area contributed by atoms with Gasteiger partial charge in [0.15, 0.2) is 0 Å². The highest BCUT2D eigenvalue weighted by Gasteiger charge is 2.03. The Balaban J connectivity index is 2.53. The van der Waals surface area contributed by atoms with Crippen LogP contribution in [0.2, 0.25) is 0 Å². The van der Waals surface area contributed by atoms with Gasteiger partial charge in [-0.3, -0.25) is 0 Å². The predicted molar refractivity (Wildman–Crippen MR) is 46.6 cm³/mol. The first-order valence-corrected chi connectivity index (χ1v) is 4.29. The molecule has 0 amide bonds. The van der Waals surface area contributed by atoms with E-state index >= 15 is 0 Å². The number of aromatic amines is 1. The van der Waals surface area contributed by atoms with E-state index in [1.54, 1.807) is 11.3 Å². The van der Waals surface area contributed by atoms with Crippen LogP contribution in [0.4, 0.5) is 0 Å². The molecule has 0 fully saturated rings. The predicted octanol–water partition coefficient (Wildman–Crippen LogP) is 2.45. The van der Waals surface area contributed by atoms with Crippen LogP contribution in [-0.2, 0) is 0 Å². The van der Waals surface area contributed by atoms with Gasteiger partial charge in [0, 0.05) is 29.5 Å². The van der Waals surface area contributed by atoms with E-state index in [2.05, 4.69) is 16.9 Å². The summed E-state index contributed by atoms with van der Waals surface area (Å²) in [5.41, 5.74) is 2.46. The van der Waals surface area contributed by atoms with Gasteiger partial charge in [-0.25, -0.2) is 4.98 Å². The van der Waals surface area contributed by atoms with Crippen molar-refractivity contribution in [3.63, 3.8) is 0 Å². The Kier molecular flexibility index (Phi) is 1.51. The summed E-state index contributed by atoms with van der Waals surface area (Å²) in [5.74, 6) is 0. The van der Waals surface area contributed by atoms with E-state index < -0.39 is 0 Å². The lowest BCUT2D eigenvalue weighted by Crippen LogP contribution is -1.72. The van der Waals surface area contributed by atoms with Crippen molar-refractivity contribution in [3.8, 4) is 10.6 Å². The molecule has 0 unspecified atom stereocenters. The zero-order valence-electron chi connectivity index (χ0n) is 6.16. The van der Waals surface area contributed by atoms with Gasteiger partial charge in [0.2, 0.25) is 0 Å². The molecule has 0 atom stereocenters. The standard InChI is InChI=1S/C8H8N2S/c1-6-4-9-5-7(6)8-10-2-3-11-8/h2-5,9H,1H3. The van der Waals surface area contributed by atoms with Gasteiger partial charge < -0.3 is 4.98 Å². The SMILES string of the molecule is Cc1c[nH]cc1-c1nccs1. The Bertz CT molecular complexity index is 335. The average molecular weight is 164 g/mol. The maximum atomic E-state index is 4.22. The Morgan fingerprint density at radius 1 is 1.45 bits per heavy atom. The number of H-pyrrole nitrogens is 1. The maximum absolute atomic E-state index is 4.22. The van der Waals surface area contributed by atoms with Crippen molar-refractivity contribution < 1.29 is 0 Å². The molecular weight excluding hydrogens is 156 g/mol. The molecule has 0 aromatic carbocycles. The van der Waals surface area contributed by atoms with Crippen LogP contribution in [0.15, 0.2) is 24.0 Å². The number of rotatable bonds is 1. The highest BCUT2D eigenvalue weighted by Crippen LogP contribution is 2.24. The quantitative estimate of drug-likeness (QED) is 0.689. The van der Waals surface area contributed by atoms with Crippen molar-refractivity contribution in [1.29, 1.82) is 0 Å². The van der Waals surface area contributed by atoms with E-state index in [9.17, 15) is 0 Å². The molecule has 0 radical (unpaired) electrons. The van der Waals surface area contributed by atoms with Gasteiger partial charge in [0.25, 0.3) is 0 Å². The van der Waals surface area contributed by atoms with Crippen LogP contribution in [0.5, 0.6) is 0 Å². The molecule has 2 rings (SSSR count). The molecule has 0 aliphatic carbocycles. The number of nitrogens with zero attached hydrogens (tertiary/aromatic N) is 1. The van der Waals surface area contributed by atoms with E-state index in [-0.39, 0.29) is 0 Å². The lowest BCUT2D eigenvalue weighted by Gasteiger charge is -1.90. The normalized spacial score (nSPS) is 10.3. The van der Waals surface area contributed by atoms with E-state index in [1.165, 1.54) is 11.1 Å². The van der Waals surface area contributed by atoms with Gasteiger partial charge in [-0.15, -0.1) is 11.3 Å². The molecule has 2 aromatic rings. The summed E-state index contributed by atoms with van der Waals surface area (Å²) in [7, 11) is 0. The summed E-state index contributed by atoms with van der Waals surface area (Å²) in [4.78, 5) is 7.27. The zero-order valence-corrected chi connectivity index (χ0v) is 6.98. The minimum atomic E-state index is 1.09. The largest absolute Gasteiger partial charge is 0.367 e. The first kappa shape index (κ1) is 6.61. The fourth-order valence-electron chi connectivity index (χ4n) is 1.03. The molecule has 0 aliphatic rings. The monoisotopic (exact) mass is 164 g/mol. The third kappa shape index (κ3) is 1.07. The maximum Gasteiger partial charge on any atom is 0.125 e. The fraction of sp³-hybridized carbons (Fsp3) is 0.125. The summed E-state index contributed by atoms with van der Waals surface area (Å²) in [6.45, 7) is 2.08. The van der Waals surface area contributed by atoms with E-state index in [1.807, 2.05) is 24.0 Å². The molecular formula is C8H8N2S. The number of thiazole rings is 1. The first-order valence-electron chi connectivity index (χ1n) is 3.41. The van der Waals surface area contributed by atoms with Gasteiger partial charge >= 0.3 is 0 Å². The van der Waals surface area contributed by atoms with Crippen molar-refractivity contribution in [3.05, 3.63) is 29.5 Å². The molecule has 11 heavy (non-hydrogen) atoms. The van der Waals surface area contributed by atoms with E-state index in [0.29, 0.717) is 0 Å². The molecule has 0 saturated heterocycles. The minimum absolute atomic E-state index is 1.09. The Morgan fingerprint density at radius 3 is 2.91 bits per heavy atom. The van der Waals surface area contributed by atoms with Gasteiger partial charge in [-0.1, -0.05) is 0 Å². The molecule has 0 aliphatic heterocycles. The lowest BCUT2D eigenvalue weighted by molar-refractivity contribution is 1.39. The van der Waals surface area contributed by atoms with Gasteiger partial charge in [0.05, 0.1) is 0 Å². The van der Waals surface area contributed by atoms with Crippen LogP contribution in [0, 0.1) is 6.92 Å². The molecule has 2 aromatic heterocycles. The number of aromatic nitrogens is 2. The molecule has 0 saturated carbocycles. The Morgan fingerprint density at radius 2 is 2.36 bits per heavy atom. The Labute approximate surface area is 68.9 Å². The fourth-order valence-corrected chi connectivity index (χ4v) is 1.75. The molecule has 0 bridgehead atoms. The van der Waals surface area contributed by atoms with Crippen molar-refractivity contribution in [2.75, 3.05) is 0 Å². The van der Waals surface area contributed by atoms with E-state index in [4.69, 9.17) is 0 Å². The minimum Gasteiger partial charge on any atom is -0.367 e. The first-order chi connectivity index (χ1) is 5.38. The molecule has 2 heterocycles. The van der Waals surface area contributed by atoms with Crippen LogP contribution in [0.25, 0.3) is 10.6 Å². The highest BCUT2D eigenvalue weighted by atomic mass is 32.1. The van der Waals surface area contributed by atoms with Crippen molar-refractivity contribution in [2.45, 2.75) is 6.92 Å². The van der Waals surface area contributed by atoms with Crippen LogP contribution >= 0.6 is 11.3 Å².